The van der Waals surface area contributed by atoms with Gasteiger partial charge in [0.15, 0.2) is 0 Å². The molecule has 5 nitrogen and oxygen atoms in total. The van der Waals surface area contributed by atoms with Crippen LogP contribution in [-0.4, -0.2) is 58.7 Å². The van der Waals surface area contributed by atoms with E-state index in [0.717, 1.165) is 57.1 Å². The Morgan fingerprint density at radius 1 is 1.39 bits per heavy atom. The summed E-state index contributed by atoms with van der Waals surface area (Å²) >= 11 is 1.96. The Balaban J connectivity index is 1.28. The van der Waals surface area contributed by atoms with Gasteiger partial charge in [-0.05, 0) is 25.0 Å². The summed E-state index contributed by atoms with van der Waals surface area (Å²) in [5.41, 5.74) is 0. The van der Waals surface area contributed by atoms with E-state index < -0.39 is 0 Å². The lowest BCUT2D eigenvalue weighted by atomic mass is 9.89. The third-order valence-electron chi connectivity index (χ3n) is 4.95. The minimum Gasteiger partial charge on any atom is -0.488 e. The van der Waals surface area contributed by atoms with Gasteiger partial charge in [-0.3, -0.25) is 9.78 Å². The minimum absolute atomic E-state index is 0.176. The van der Waals surface area contributed by atoms with Gasteiger partial charge in [0.05, 0.1) is 10.9 Å². The van der Waals surface area contributed by atoms with Gasteiger partial charge in [-0.15, -0.1) is 11.8 Å². The van der Waals surface area contributed by atoms with Crippen LogP contribution in [0.1, 0.15) is 19.3 Å². The largest absolute Gasteiger partial charge is 0.488 e. The van der Waals surface area contributed by atoms with Gasteiger partial charge < -0.3 is 14.4 Å². The third kappa shape index (κ3) is 3.19. The van der Waals surface area contributed by atoms with Crippen molar-refractivity contribution in [3.05, 3.63) is 24.5 Å². The minimum atomic E-state index is 0.176. The normalized spacial score (nSPS) is 27.0. The molecule has 3 aliphatic rings. The van der Waals surface area contributed by atoms with E-state index in [2.05, 4.69) is 4.98 Å². The molecule has 0 radical (unpaired) electrons. The van der Waals surface area contributed by atoms with Crippen molar-refractivity contribution < 1.29 is 14.3 Å². The Bertz CT molecular complexity index is 556. The maximum atomic E-state index is 12.5. The van der Waals surface area contributed by atoms with E-state index in [9.17, 15) is 4.79 Å². The highest BCUT2D eigenvalue weighted by Gasteiger charge is 2.52. The molecule has 3 saturated heterocycles. The summed E-state index contributed by atoms with van der Waals surface area (Å²) in [6.07, 6.45) is 6.51. The molecule has 1 amide bonds. The van der Waals surface area contributed by atoms with Crippen molar-refractivity contribution >= 4 is 17.7 Å². The molecule has 1 aromatic heterocycles. The van der Waals surface area contributed by atoms with Gasteiger partial charge in [0.2, 0.25) is 5.91 Å². The zero-order chi connectivity index (χ0) is 15.7. The molecule has 0 saturated carbocycles. The molecule has 0 N–H and O–H groups in total. The van der Waals surface area contributed by atoms with Gasteiger partial charge in [-0.25, -0.2) is 0 Å². The van der Waals surface area contributed by atoms with Gasteiger partial charge in [0, 0.05) is 50.6 Å². The Kier molecular flexibility index (Phi) is 4.20. The molecule has 1 aromatic rings. The smallest absolute Gasteiger partial charge is 0.225 e. The van der Waals surface area contributed by atoms with Crippen molar-refractivity contribution in [1.29, 1.82) is 0 Å². The molecule has 4 heterocycles. The van der Waals surface area contributed by atoms with E-state index in [1.54, 1.807) is 12.4 Å². The van der Waals surface area contributed by atoms with Crippen LogP contribution < -0.4 is 4.74 Å². The lowest BCUT2D eigenvalue weighted by molar-refractivity contribution is -0.144. The molecule has 124 valence electrons. The van der Waals surface area contributed by atoms with Crippen LogP contribution in [0.2, 0.25) is 0 Å². The SMILES string of the molecule is O=C(C1CCOCC1)N1CC2(CC(Oc3cccnc3)CS2)C1. The number of nitrogens with zero attached hydrogens (tertiary/aromatic N) is 2. The maximum Gasteiger partial charge on any atom is 0.225 e. The Morgan fingerprint density at radius 2 is 2.22 bits per heavy atom. The molecule has 6 heteroatoms. The molecular weight excluding hydrogens is 312 g/mol. The van der Waals surface area contributed by atoms with Crippen molar-refractivity contribution in [3.8, 4) is 5.75 Å². The number of ether oxygens (including phenoxy) is 2. The van der Waals surface area contributed by atoms with E-state index in [4.69, 9.17) is 9.47 Å². The summed E-state index contributed by atoms with van der Waals surface area (Å²) in [4.78, 5) is 18.6. The van der Waals surface area contributed by atoms with E-state index in [1.165, 1.54) is 0 Å². The standard InChI is InChI=1S/C17H22N2O3S/c20-16(13-3-6-21-7-4-13)19-11-17(12-19)8-15(10-23-17)22-14-2-1-5-18-9-14/h1-2,5,9,13,15H,3-4,6-8,10-12H2. The van der Waals surface area contributed by atoms with Gasteiger partial charge in [-0.2, -0.15) is 0 Å². The van der Waals surface area contributed by atoms with Gasteiger partial charge >= 0.3 is 0 Å². The number of amides is 1. The van der Waals surface area contributed by atoms with Crippen molar-refractivity contribution in [2.45, 2.75) is 30.1 Å². The zero-order valence-corrected chi connectivity index (χ0v) is 14.0. The first kappa shape index (κ1) is 15.3. The average Bonchev–Trinajstić information content (AvgIpc) is 2.99. The molecule has 0 bridgehead atoms. The first-order valence-corrected chi connectivity index (χ1v) is 9.30. The Morgan fingerprint density at radius 3 is 2.96 bits per heavy atom. The quantitative estimate of drug-likeness (QED) is 0.846. The highest BCUT2D eigenvalue weighted by Crippen LogP contribution is 2.46. The predicted octanol–water partition coefficient (Wildman–Crippen LogP) is 1.97. The summed E-state index contributed by atoms with van der Waals surface area (Å²) < 4.78 is 11.6. The monoisotopic (exact) mass is 334 g/mol. The second-order valence-corrected chi connectivity index (χ2v) is 8.20. The van der Waals surface area contributed by atoms with Crippen molar-refractivity contribution in [1.82, 2.24) is 9.88 Å². The average molecular weight is 334 g/mol. The van der Waals surface area contributed by atoms with Crippen LogP contribution in [0.4, 0.5) is 0 Å². The fourth-order valence-electron chi connectivity index (χ4n) is 3.72. The maximum absolute atomic E-state index is 12.5. The van der Waals surface area contributed by atoms with Crippen LogP contribution in [0.15, 0.2) is 24.5 Å². The topological polar surface area (TPSA) is 51.7 Å². The molecule has 0 aliphatic carbocycles. The predicted molar refractivity (Wildman–Crippen MR) is 88.6 cm³/mol. The van der Waals surface area contributed by atoms with Gasteiger partial charge in [0.25, 0.3) is 0 Å². The number of hydrogen-bond donors (Lipinski definition) is 0. The number of aromatic nitrogens is 1. The lowest BCUT2D eigenvalue weighted by Gasteiger charge is -2.48. The van der Waals surface area contributed by atoms with Crippen LogP contribution in [0.3, 0.4) is 0 Å². The number of hydrogen-bond acceptors (Lipinski definition) is 5. The molecule has 1 spiro atoms. The zero-order valence-electron chi connectivity index (χ0n) is 13.1. The molecular formula is C17H22N2O3S. The first-order valence-electron chi connectivity index (χ1n) is 8.31. The number of thioether (sulfide) groups is 1. The van der Waals surface area contributed by atoms with Gasteiger partial charge in [-0.1, -0.05) is 0 Å². The van der Waals surface area contributed by atoms with E-state index >= 15 is 0 Å². The lowest BCUT2D eigenvalue weighted by Crippen LogP contribution is -2.62. The molecule has 1 atom stereocenters. The van der Waals surface area contributed by atoms with Crippen LogP contribution in [0.5, 0.6) is 5.75 Å². The summed E-state index contributed by atoms with van der Waals surface area (Å²) in [5, 5.41) is 0. The van der Waals surface area contributed by atoms with E-state index in [-0.39, 0.29) is 16.8 Å². The summed E-state index contributed by atoms with van der Waals surface area (Å²) in [5.74, 6) is 2.34. The van der Waals surface area contributed by atoms with Crippen molar-refractivity contribution in [2.24, 2.45) is 5.92 Å². The first-order chi connectivity index (χ1) is 11.2. The molecule has 3 aliphatic heterocycles. The van der Waals surface area contributed by atoms with Gasteiger partial charge in [0.1, 0.15) is 11.9 Å². The third-order valence-corrected chi connectivity index (χ3v) is 6.53. The number of carbonyl (C=O) groups is 1. The molecule has 4 rings (SSSR count). The molecule has 0 aromatic carbocycles. The van der Waals surface area contributed by atoms with Crippen LogP contribution in [0.25, 0.3) is 0 Å². The van der Waals surface area contributed by atoms with E-state index in [0.29, 0.717) is 5.91 Å². The molecule has 1 unspecified atom stereocenters. The van der Waals surface area contributed by atoms with Crippen LogP contribution in [-0.2, 0) is 9.53 Å². The summed E-state index contributed by atoms with van der Waals surface area (Å²) in [7, 11) is 0. The van der Waals surface area contributed by atoms with Crippen molar-refractivity contribution in [3.63, 3.8) is 0 Å². The summed E-state index contributed by atoms with van der Waals surface area (Å²) in [6, 6.07) is 3.84. The number of rotatable bonds is 3. The van der Waals surface area contributed by atoms with Crippen molar-refractivity contribution in [2.75, 3.05) is 32.1 Å². The highest BCUT2D eigenvalue weighted by molar-refractivity contribution is 8.01. The molecule has 23 heavy (non-hydrogen) atoms. The Labute approximate surface area is 140 Å². The fraction of sp³-hybridized carbons (Fsp3) is 0.647. The van der Waals surface area contributed by atoms with E-state index in [1.807, 2.05) is 28.8 Å². The number of carbonyl (C=O) groups excluding carboxylic acids is 1. The highest BCUT2D eigenvalue weighted by atomic mass is 32.2. The number of pyridine rings is 1. The summed E-state index contributed by atoms with van der Waals surface area (Å²) in [6.45, 7) is 3.21. The number of likely N-dealkylation sites (tertiary alicyclic amines) is 1. The second-order valence-electron chi connectivity index (χ2n) is 6.71. The van der Waals surface area contributed by atoms with Crippen LogP contribution >= 0.6 is 11.8 Å². The fourth-order valence-corrected chi connectivity index (χ4v) is 5.24. The molecule has 3 fully saturated rings. The van der Waals surface area contributed by atoms with Crippen LogP contribution in [0, 0.1) is 5.92 Å². The Hall–Kier alpha value is -1.27. The second kappa shape index (κ2) is 6.32.